The SMILES string of the molecule is Nc1cc(Cl)cnc1NCCCS(N)(=O)=O. The Morgan fingerprint density at radius 1 is 1.50 bits per heavy atom. The molecule has 0 saturated carbocycles. The number of rotatable bonds is 5. The Morgan fingerprint density at radius 2 is 2.19 bits per heavy atom. The second-order valence-electron chi connectivity index (χ2n) is 3.24. The first-order chi connectivity index (χ1) is 7.38. The van der Waals surface area contributed by atoms with Crippen LogP contribution >= 0.6 is 11.6 Å². The number of anilines is 2. The molecule has 0 aliphatic rings. The van der Waals surface area contributed by atoms with Crippen LogP contribution in [0.15, 0.2) is 12.3 Å². The van der Waals surface area contributed by atoms with E-state index < -0.39 is 10.0 Å². The molecule has 0 aliphatic carbocycles. The summed E-state index contributed by atoms with van der Waals surface area (Å²) in [5.74, 6) is 0.409. The molecule has 90 valence electrons. The minimum atomic E-state index is -3.41. The Balaban J connectivity index is 2.43. The van der Waals surface area contributed by atoms with Crippen LogP contribution in [0.5, 0.6) is 0 Å². The third kappa shape index (κ3) is 4.65. The molecule has 0 fully saturated rings. The van der Waals surface area contributed by atoms with E-state index in [0.29, 0.717) is 29.5 Å². The quantitative estimate of drug-likeness (QED) is 0.667. The van der Waals surface area contributed by atoms with Gasteiger partial charge in [0.2, 0.25) is 10.0 Å². The minimum Gasteiger partial charge on any atom is -0.396 e. The van der Waals surface area contributed by atoms with E-state index in [4.69, 9.17) is 22.5 Å². The molecule has 0 aromatic carbocycles. The van der Waals surface area contributed by atoms with Gasteiger partial charge in [-0.15, -0.1) is 0 Å². The molecule has 0 saturated heterocycles. The highest BCUT2D eigenvalue weighted by molar-refractivity contribution is 7.89. The number of hydrogen-bond donors (Lipinski definition) is 3. The lowest BCUT2D eigenvalue weighted by molar-refractivity contribution is 0.596. The monoisotopic (exact) mass is 264 g/mol. The first-order valence-corrected chi connectivity index (χ1v) is 6.63. The molecule has 8 heteroatoms. The molecule has 0 aliphatic heterocycles. The number of nitrogens with two attached hydrogens (primary N) is 2. The molecular formula is C8H13ClN4O2S. The predicted molar refractivity (Wildman–Crippen MR) is 64.7 cm³/mol. The molecule has 0 bridgehead atoms. The Bertz CT molecular complexity index is 463. The van der Waals surface area contributed by atoms with Crippen LogP contribution in [-0.2, 0) is 10.0 Å². The largest absolute Gasteiger partial charge is 0.396 e. The number of halogens is 1. The zero-order valence-electron chi connectivity index (χ0n) is 8.48. The van der Waals surface area contributed by atoms with Crippen molar-refractivity contribution < 1.29 is 8.42 Å². The van der Waals surface area contributed by atoms with Crippen LogP contribution in [0, 0.1) is 0 Å². The number of aromatic nitrogens is 1. The second-order valence-corrected chi connectivity index (χ2v) is 5.41. The predicted octanol–water partition coefficient (Wildman–Crippen LogP) is 0.408. The van der Waals surface area contributed by atoms with E-state index >= 15 is 0 Å². The van der Waals surface area contributed by atoms with Crippen LogP contribution in [0.25, 0.3) is 0 Å². The zero-order chi connectivity index (χ0) is 12.2. The number of nitrogens with one attached hydrogen (secondary N) is 1. The van der Waals surface area contributed by atoms with Gasteiger partial charge in [0.25, 0.3) is 0 Å². The summed E-state index contributed by atoms with van der Waals surface area (Å²) in [4.78, 5) is 3.96. The third-order valence-corrected chi connectivity index (χ3v) is 2.85. The lowest BCUT2D eigenvalue weighted by Gasteiger charge is -2.07. The van der Waals surface area contributed by atoms with E-state index in [0.717, 1.165) is 0 Å². The highest BCUT2D eigenvalue weighted by Crippen LogP contribution is 2.18. The van der Waals surface area contributed by atoms with Crippen LogP contribution in [-0.4, -0.2) is 25.7 Å². The summed E-state index contributed by atoms with van der Waals surface area (Å²) in [7, 11) is -3.41. The van der Waals surface area contributed by atoms with Gasteiger partial charge >= 0.3 is 0 Å². The molecule has 0 atom stereocenters. The van der Waals surface area contributed by atoms with Crippen molar-refractivity contribution in [2.75, 3.05) is 23.3 Å². The van der Waals surface area contributed by atoms with Gasteiger partial charge in [0, 0.05) is 12.7 Å². The van der Waals surface area contributed by atoms with E-state index in [2.05, 4.69) is 10.3 Å². The number of nitrogen functional groups attached to an aromatic ring is 1. The van der Waals surface area contributed by atoms with E-state index in [9.17, 15) is 8.42 Å². The maximum atomic E-state index is 10.6. The van der Waals surface area contributed by atoms with Crippen molar-refractivity contribution in [2.45, 2.75) is 6.42 Å². The van der Waals surface area contributed by atoms with Crippen molar-refractivity contribution in [3.8, 4) is 0 Å². The molecular weight excluding hydrogens is 252 g/mol. The number of sulfonamides is 1. The minimum absolute atomic E-state index is 0.0759. The van der Waals surface area contributed by atoms with Crippen molar-refractivity contribution in [3.05, 3.63) is 17.3 Å². The van der Waals surface area contributed by atoms with Crippen molar-refractivity contribution in [2.24, 2.45) is 5.14 Å². The van der Waals surface area contributed by atoms with E-state index in [-0.39, 0.29) is 5.75 Å². The van der Waals surface area contributed by atoms with Gasteiger partial charge < -0.3 is 11.1 Å². The van der Waals surface area contributed by atoms with Gasteiger partial charge in [-0.05, 0) is 12.5 Å². The zero-order valence-corrected chi connectivity index (χ0v) is 10.1. The summed E-state index contributed by atoms with van der Waals surface area (Å²) in [5, 5.41) is 8.20. The maximum Gasteiger partial charge on any atom is 0.209 e. The summed E-state index contributed by atoms with van der Waals surface area (Å²) in [6.45, 7) is 0.426. The highest BCUT2D eigenvalue weighted by Gasteiger charge is 2.03. The molecule has 1 aromatic heterocycles. The van der Waals surface area contributed by atoms with Gasteiger partial charge in [0.15, 0.2) is 0 Å². The average molecular weight is 265 g/mol. The normalized spacial score (nSPS) is 11.4. The van der Waals surface area contributed by atoms with Crippen molar-refractivity contribution in [3.63, 3.8) is 0 Å². The number of nitrogens with zero attached hydrogens (tertiary/aromatic N) is 1. The summed E-state index contributed by atoms with van der Waals surface area (Å²) in [5.41, 5.74) is 6.06. The Labute approximate surface area is 99.0 Å². The fourth-order valence-electron chi connectivity index (χ4n) is 1.08. The van der Waals surface area contributed by atoms with Gasteiger partial charge in [-0.25, -0.2) is 18.5 Å². The van der Waals surface area contributed by atoms with E-state index in [1.165, 1.54) is 6.20 Å². The van der Waals surface area contributed by atoms with Crippen LogP contribution < -0.4 is 16.2 Å². The lowest BCUT2D eigenvalue weighted by atomic mass is 10.4. The highest BCUT2D eigenvalue weighted by atomic mass is 35.5. The molecule has 0 spiro atoms. The summed E-state index contributed by atoms with van der Waals surface area (Å²) in [6, 6.07) is 1.57. The Morgan fingerprint density at radius 3 is 2.75 bits per heavy atom. The standard InChI is InChI=1S/C8H13ClN4O2S/c9-6-4-7(10)8(13-5-6)12-2-1-3-16(11,14)15/h4-5H,1-3,10H2,(H,12,13)(H2,11,14,15). The lowest BCUT2D eigenvalue weighted by Crippen LogP contribution is -2.19. The van der Waals surface area contributed by atoms with Crippen molar-refractivity contribution in [1.82, 2.24) is 4.98 Å². The maximum absolute atomic E-state index is 10.6. The molecule has 6 nitrogen and oxygen atoms in total. The fraction of sp³-hybridized carbons (Fsp3) is 0.375. The van der Waals surface area contributed by atoms with Gasteiger partial charge in [0.1, 0.15) is 5.82 Å². The molecule has 16 heavy (non-hydrogen) atoms. The third-order valence-electron chi connectivity index (χ3n) is 1.78. The first-order valence-electron chi connectivity index (χ1n) is 4.54. The summed E-state index contributed by atoms with van der Waals surface area (Å²) < 4.78 is 21.3. The summed E-state index contributed by atoms with van der Waals surface area (Å²) in [6.07, 6.45) is 1.85. The average Bonchev–Trinajstić information content (AvgIpc) is 2.13. The van der Waals surface area contributed by atoms with E-state index in [1.807, 2.05) is 0 Å². The molecule has 5 N–H and O–H groups in total. The smallest absolute Gasteiger partial charge is 0.209 e. The number of hydrogen-bond acceptors (Lipinski definition) is 5. The molecule has 0 amide bonds. The molecule has 1 heterocycles. The number of primary sulfonamides is 1. The van der Waals surface area contributed by atoms with Gasteiger partial charge in [-0.3, -0.25) is 0 Å². The molecule has 1 aromatic rings. The number of pyridine rings is 1. The van der Waals surface area contributed by atoms with Crippen LogP contribution in [0.1, 0.15) is 6.42 Å². The van der Waals surface area contributed by atoms with Gasteiger partial charge in [-0.1, -0.05) is 11.6 Å². The van der Waals surface area contributed by atoms with Crippen LogP contribution in [0.4, 0.5) is 11.5 Å². The topological polar surface area (TPSA) is 111 Å². The Kier molecular flexibility index (Phi) is 4.34. The molecule has 0 radical (unpaired) electrons. The molecule has 1 rings (SSSR count). The van der Waals surface area contributed by atoms with Crippen LogP contribution in [0.2, 0.25) is 5.02 Å². The molecule has 0 unspecified atom stereocenters. The Hall–Kier alpha value is -1.05. The van der Waals surface area contributed by atoms with E-state index in [1.54, 1.807) is 6.07 Å². The van der Waals surface area contributed by atoms with Gasteiger partial charge in [-0.2, -0.15) is 0 Å². The van der Waals surface area contributed by atoms with Crippen molar-refractivity contribution in [1.29, 1.82) is 0 Å². The second kappa shape index (κ2) is 5.33. The van der Waals surface area contributed by atoms with Gasteiger partial charge in [0.05, 0.1) is 16.5 Å². The fourth-order valence-corrected chi connectivity index (χ4v) is 1.80. The summed E-state index contributed by atoms with van der Waals surface area (Å²) >= 11 is 5.67. The first kappa shape index (κ1) is 13.0. The van der Waals surface area contributed by atoms with Crippen LogP contribution in [0.3, 0.4) is 0 Å². The van der Waals surface area contributed by atoms with Crippen molar-refractivity contribution >= 4 is 33.1 Å².